The monoisotopic (exact) mass is 307 g/mol. The van der Waals surface area contributed by atoms with Gasteiger partial charge in [0, 0.05) is 6.04 Å². The number of ether oxygens (including phenoxy) is 1. The normalized spacial score (nSPS) is 17.2. The maximum atomic E-state index is 12.6. The first-order valence-electron chi connectivity index (χ1n) is 7.72. The molecule has 1 aliphatic carbocycles. The minimum absolute atomic E-state index is 0.169. The van der Waals surface area contributed by atoms with Gasteiger partial charge in [-0.3, -0.25) is 5.32 Å². The minimum atomic E-state index is -0.697. The van der Waals surface area contributed by atoms with E-state index in [0.29, 0.717) is 6.04 Å². The summed E-state index contributed by atoms with van der Waals surface area (Å²) in [7, 11) is 1.48. The second-order valence-electron chi connectivity index (χ2n) is 5.54. The van der Waals surface area contributed by atoms with Gasteiger partial charge in [0.25, 0.3) is 0 Å². The molecule has 1 aromatic rings. The number of esters is 1. The van der Waals surface area contributed by atoms with Crippen molar-refractivity contribution in [1.82, 2.24) is 5.32 Å². The lowest BCUT2D eigenvalue weighted by molar-refractivity contribution is -0.149. The van der Waals surface area contributed by atoms with Crippen LogP contribution in [0, 0.1) is 0 Å². The average Bonchev–Trinajstić information content (AvgIpc) is 3.34. The van der Waals surface area contributed by atoms with E-state index in [4.69, 9.17) is 4.74 Å². The fourth-order valence-corrected chi connectivity index (χ4v) is 3.47. The van der Waals surface area contributed by atoms with E-state index < -0.39 is 5.54 Å². The van der Waals surface area contributed by atoms with Crippen molar-refractivity contribution in [2.45, 2.75) is 44.2 Å². The van der Waals surface area contributed by atoms with E-state index in [-0.39, 0.29) is 5.97 Å². The van der Waals surface area contributed by atoms with Crippen LogP contribution < -0.4 is 5.32 Å². The summed E-state index contributed by atoms with van der Waals surface area (Å²) in [5.74, 6) is 1.92. The van der Waals surface area contributed by atoms with Gasteiger partial charge in [0.15, 0.2) is 0 Å². The molecule has 1 unspecified atom stereocenters. The summed E-state index contributed by atoms with van der Waals surface area (Å²) in [6.07, 6.45) is 4.23. The van der Waals surface area contributed by atoms with E-state index in [1.165, 1.54) is 7.11 Å². The molecule has 0 spiro atoms. The Morgan fingerprint density at radius 2 is 2.05 bits per heavy atom. The lowest BCUT2D eigenvalue weighted by atomic mass is 9.87. The molecule has 0 saturated heterocycles. The molecule has 21 heavy (non-hydrogen) atoms. The summed E-state index contributed by atoms with van der Waals surface area (Å²) < 4.78 is 5.15. The molecule has 1 aromatic carbocycles. The minimum Gasteiger partial charge on any atom is -0.467 e. The van der Waals surface area contributed by atoms with Crippen molar-refractivity contribution in [2.24, 2.45) is 0 Å². The number of methoxy groups -OCH3 is 1. The Morgan fingerprint density at radius 1 is 1.33 bits per heavy atom. The van der Waals surface area contributed by atoms with E-state index in [2.05, 4.69) is 12.2 Å². The number of hydrogen-bond donors (Lipinski definition) is 1. The standard InChI is InChI=1S/C17H25NO2S/c1-3-12-21-13-11-17(16(19)20-2,18-15-9-10-15)14-7-5-4-6-8-14/h4-8,15,18H,3,9-13H2,1-2H3. The Hall–Kier alpha value is -1.00. The maximum absolute atomic E-state index is 12.6. The van der Waals surface area contributed by atoms with Crippen LogP contribution in [0.3, 0.4) is 0 Å². The number of carbonyl (C=O) groups excluding carboxylic acids is 1. The second-order valence-corrected chi connectivity index (χ2v) is 6.77. The number of hydrogen-bond acceptors (Lipinski definition) is 4. The van der Waals surface area contributed by atoms with Gasteiger partial charge in [0.05, 0.1) is 7.11 Å². The number of nitrogens with one attached hydrogen (secondary N) is 1. The SMILES string of the molecule is CCCSCCC(NC1CC1)(C(=O)OC)c1ccccc1. The molecule has 0 heterocycles. The molecule has 1 fully saturated rings. The van der Waals surface area contributed by atoms with Gasteiger partial charge in [-0.15, -0.1) is 0 Å². The largest absolute Gasteiger partial charge is 0.467 e. The van der Waals surface area contributed by atoms with Gasteiger partial charge < -0.3 is 4.74 Å². The van der Waals surface area contributed by atoms with E-state index >= 15 is 0 Å². The molecule has 0 radical (unpaired) electrons. The van der Waals surface area contributed by atoms with Crippen molar-refractivity contribution in [1.29, 1.82) is 0 Å². The van der Waals surface area contributed by atoms with Crippen LogP contribution in [-0.2, 0) is 15.1 Å². The van der Waals surface area contributed by atoms with E-state index in [1.54, 1.807) is 0 Å². The first-order valence-corrected chi connectivity index (χ1v) is 8.88. The third kappa shape index (κ3) is 4.24. The number of carbonyl (C=O) groups is 1. The zero-order valence-corrected chi connectivity index (χ0v) is 13.7. The highest BCUT2D eigenvalue weighted by molar-refractivity contribution is 7.99. The Kier molecular flexibility index (Phi) is 6.12. The first kappa shape index (κ1) is 16.4. The molecule has 0 amide bonds. The van der Waals surface area contributed by atoms with Crippen LogP contribution >= 0.6 is 11.8 Å². The topological polar surface area (TPSA) is 38.3 Å². The second kappa shape index (κ2) is 7.85. The van der Waals surface area contributed by atoms with E-state index in [9.17, 15) is 4.79 Å². The Labute approximate surface area is 131 Å². The van der Waals surface area contributed by atoms with Gasteiger partial charge in [-0.2, -0.15) is 11.8 Å². The molecule has 1 atom stereocenters. The highest BCUT2D eigenvalue weighted by atomic mass is 32.2. The zero-order chi connectivity index (χ0) is 15.1. The first-order chi connectivity index (χ1) is 10.2. The molecule has 1 N–H and O–H groups in total. The lowest BCUT2D eigenvalue weighted by Gasteiger charge is -2.33. The van der Waals surface area contributed by atoms with E-state index in [1.807, 2.05) is 42.1 Å². The summed E-state index contributed by atoms with van der Waals surface area (Å²) in [5, 5.41) is 3.56. The highest BCUT2D eigenvalue weighted by Gasteiger charge is 2.44. The lowest BCUT2D eigenvalue weighted by Crippen LogP contribution is -2.51. The molecule has 2 rings (SSSR count). The van der Waals surface area contributed by atoms with Crippen LogP contribution in [0.1, 0.15) is 38.2 Å². The van der Waals surface area contributed by atoms with Crippen molar-refractivity contribution in [3.63, 3.8) is 0 Å². The summed E-state index contributed by atoms with van der Waals surface area (Å²) >= 11 is 1.90. The fraction of sp³-hybridized carbons (Fsp3) is 0.588. The van der Waals surface area contributed by atoms with Crippen LogP contribution in [0.15, 0.2) is 30.3 Å². The summed E-state index contributed by atoms with van der Waals surface area (Å²) in [4.78, 5) is 12.6. The summed E-state index contributed by atoms with van der Waals surface area (Å²) in [6.45, 7) is 2.18. The molecule has 4 heteroatoms. The quantitative estimate of drug-likeness (QED) is 0.561. The van der Waals surface area contributed by atoms with Gasteiger partial charge in [0.2, 0.25) is 0 Å². The predicted molar refractivity (Wildman–Crippen MR) is 88.5 cm³/mol. The molecule has 116 valence electrons. The molecule has 0 aromatic heterocycles. The van der Waals surface area contributed by atoms with Crippen molar-refractivity contribution >= 4 is 17.7 Å². The zero-order valence-electron chi connectivity index (χ0n) is 12.9. The maximum Gasteiger partial charge on any atom is 0.330 e. The third-order valence-electron chi connectivity index (χ3n) is 3.80. The van der Waals surface area contributed by atoms with Crippen LogP contribution in [0.5, 0.6) is 0 Å². The Balaban J connectivity index is 2.22. The molecule has 0 bridgehead atoms. The van der Waals surface area contributed by atoms with Gasteiger partial charge in [-0.1, -0.05) is 37.3 Å². The summed E-state index contributed by atoms with van der Waals surface area (Å²) in [6, 6.07) is 10.4. The molecular formula is C17H25NO2S. The molecule has 0 aliphatic heterocycles. The number of rotatable bonds is 9. The van der Waals surface area contributed by atoms with Gasteiger partial charge in [0.1, 0.15) is 5.54 Å². The fourth-order valence-electron chi connectivity index (χ4n) is 2.52. The number of benzene rings is 1. The summed E-state index contributed by atoms with van der Waals surface area (Å²) in [5.41, 5.74) is 0.318. The number of thioether (sulfide) groups is 1. The van der Waals surface area contributed by atoms with Crippen molar-refractivity contribution in [2.75, 3.05) is 18.6 Å². The van der Waals surface area contributed by atoms with E-state index in [0.717, 1.165) is 42.8 Å². The molecular weight excluding hydrogens is 282 g/mol. The van der Waals surface area contributed by atoms with Crippen LogP contribution in [0.2, 0.25) is 0 Å². The third-order valence-corrected chi connectivity index (χ3v) is 4.99. The van der Waals surface area contributed by atoms with Crippen molar-refractivity contribution in [3.8, 4) is 0 Å². The van der Waals surface area contributed by atoms with Crippen molar-refractivity contribution in [3.05, 3.63) is 35.9 Å². The van der Waals surface area contributed by atoms with Gasteiger partial charge in [-0.25, -0.2) is 4.79 Å². The molecule has 3 nitrogen and oxygen atoms in total. The predicted octanol–water partition coefficient (Wildman–Crippen LogP) is 3.34. The Bertz CT molecular complexity index is 447. The molecule has 1 aliphatic rings. The van der Waals surface area contributed by atoms with Gasteiger partial charge in [-0.05, 0) is 42.8 Å². The van der Waals surface area contributed by atoms with Crippen LogP contribution in [0.4, 0.5) is 0 Å². The highest BCUT2D eigenvalue weighted by Crippen LogP contribution is 2.33. The smallest absolute Gasteiger partial charge is 0.330 e. The average molecular weight is 307 g/mol. The van der Waals surface area contributed by atoms with Gasteiger partial charge >= 0.3 is 5.97 Å². The van der Waals surface area contributed by atoms with Crippen molar-refractivity contribution < 1.29 is 9.53 Å². The molecule has 1 saturated carbocycles. The Morgan fingerprint density at radius 3 is 2.62 bits per heavy atom. The van der Waals surface area contributed by atoms with Crippen LogP contribution in [-0.4, -0.2) is 30.6 Å². The van der Waals surface area contributed by atoms with Crippen LogP contribution in [0.25, 0.3) is 0 Å².